The molecule has 1 aromatic carbocycles. The Bertz CT molecular complexity index is 628. The number of hydrogen-bond donors (Lipinski definition) is 1. The van der Waals surface area contributed by atoms with Gasteiger partial charge in [0.15, 0.2) is 11.5 Å². The summed E-state index contributed by atoms with van der Waals surface area (Å²) < 4.78 is 11.4. The van der Waals surface area contributed by atoms with Crippen LogP contribution in [0.25, 0.3) is 0 Å². The van der Waals surface area contributed by atoms with E-state index in [1.54, 1.807) is 0 Å². The quantitative estimate of drug-likeness (QED) is 0.662. The molecule has 28 heavy (non-hydrogen) atoms. The van der Waals surface area contributed by atoms with E-state index in [9.17, 15) is 4.79 Å². The van der Waals surface area contributed by atoms with Crippen molar-refractivity contribution in [2.24, 2.45) is 5.92 Å². The largest absolute Gasteiger partial charge is 0.486 e. The maximum atomic E-state index is 12.6. The molecule has 2 heterocycles. The molecule has 0 saturated carbocycles. The van der Waals surface area contributed by atoms with Crippen LogP contribution in [0.4, 0.5) is 0 Å². The Hall–Kier alpha value is -1.75. The molecule has 2 aliphatic heterocycles. The van der Waals surface area contributed by atoms with E-state index < -0.39 is 0 Å². The zero-order valence-electron chi connectivity index (χ0n) is 17.5. The summed E-state index contributed by atoms with van der Waals surface area (Å²) >= 11 is 0. The molecule has 1 amide bonds. The first-order chi connectivity index (χ1) is 13.6. The zero-order valence-corrected chi connectivity index (χ0v) is 17.5. The number of benzene rings is 1. The zero-order chi connectivity index (χ0) is 19.8. The highest BCUT2D eigenvalue weighted by Gasteiger charge is 2.21. The normalized spacial score (nSPS) is 18.6. The van der Waals surface area contributed by atoms with Crippen molar-refractivity contribution in [2.45, 2.75) is 64.8 Å². The number of carbonyl (C=O) groups excluding carboxylic acids is 1. The van der Waals surface area contributed by atoms with Gasteiger partial charge in [-0.05, 0) is 56.0 Å². The number of rotatable bonds is 10. The summed E-state index contributed by atoms with van der Waals surface area (Å²) in [6, 6.07) is 6.29. The van der Waals surface area contributed by atoms with E-state index >= 15 is 0 Å². The summed E-state index contributed by atoms with van der Waals surface area (Å²) in [5.41, 5.74) is 1.19. The Morgan fingerprint density at radius 1 is 1.18 bits per heavy atom. The molecule has 1 saturated heterocycles. The molecular formula is C23H36N2O3. The van der Waals surface area contributed by atoms with Crippen molar-refractivity contribution < 1.29 is 14.3 Å². The summed E-state index contributed by atoms with van der Waals surface area (Å²) in [4.78, 5) is 15.1. The van der Waals surface area contributed by atoms with Gasteiger partial charge in [0, 0.05) is 19.0 Å². The third-order valence-corrected chi connectivity index (χ3v) is 5.72. The fourth-order valence-electron chi connectivity index (χ4n) is 4.20. The Kier molecular flexibility index (Phi) is 8.01. The second-order valence-corrected chi connectivity index (χ2v) is 8.41. The molecule has 5 heteroatoms. The lowest BCUT2D eigenvalue weighted by Gasteiger charge is -2.26. The lowest BCUT2D eigenvalue weighted by atomic mass is 9.99. The highest BCUT2D eigenvalue weighted by atomic mass is 16.6. The SMILES string of the molecule is CCCCC(C)CC(=O)N[C@@H](Cc1ccc2c(c1)OCCO2)CN1CCCC1. The van der Waals surface area contributed by atoms with E-state index in [0.29, 0.717) is 25.6 Å². The molecular weight excluding hydrogens is 352 g/mol. The Labute approximate surface area is 169 Å². The number of unbranched alkanes of at least 4 members (excludes halogenated alkanes) is 1. The minimum Gasteiger partial charge on any atom is -0.486 e. The maximum Gasteiger partial charge on any atom is 0.220 e. The number of amides is 1. The highest BCUT2D eigenvalue weighted by Crippen LogP contribution is 2.31. The van der Waals surface area contributed by atoms with E-state index in [4.69, 9.17) is 9.47 Å². The van der Waals surface area contributed by atoms with Crippen LogP contribution < -0.4 is 14.8 Å². The van der Waals surface area contributed by atoms with Crippen LogP contribution in [0.1, 0.15) is 57.9 Å². The fourth-order valence-corrected chi connectivity index (χ4v) is 4.20. The minimum atomic E-state index is 0.131. The molecule has 0 bridgehead atoms. The first kappa shape index (κ1) is 21.0. The number of carbonyl (C=O) groups is 1. The van der Waals surface area contributed by atoms with Crippen molar-refractivity contribution >= 4 is 5.91 Å². The van der Waals surface area contributed by atoms with Crippen LogP contribution >= 0.6 is 0 Å². The number of likely N-dealkylation sites (tertiary alicyclic amines) is 1. The molecule has 1 aromatic rings. The van der Waals surface area contributed by atoms with Gasteiger partial charge in [0.05, 0.1) is 0 Å². The maximum absolute atomic E-state index is 12.6. The molecule has 1 fully saturated rings. The second-order valence-electron chi connectivity index (χ2n) is 8.41. The van der Waals surface area contributed by atoms with Crippen molar-refractivity contribution in [1.82, 2.24) is 10.2 Å². The van der Waals surface area contributed by atoms with Crippen LogP contribution in [0.15, 0.2) is 18.2 Å². The van der Waals surface area contributed by atoms with Crippen molar-refractivity contribution in [1.29, 1.82) is 0 Å². The van der Waals surface area contributed by atoms with Gasteiger partial charge in [0.1, 0.15) is 13.2 Å². The summed E-state index contributed by atoms with van der Waals surface area (Å²) in [6.07, 6.45) is 7.48. The lowest BCUT2D eigenvalue weighted by Crippen LogP contribution is -2.44. The van der Waals surface area contributed by atoms with Gasteiger partial charge in [-0.1, -0.05) is 39.2 Å². The van der Waals surface area contributed by atoms with Gasteiger partial charge in [-0.2, -0.15) is 0 Å². The van der Waals surface area contributed by atoms with Gasteiger partial charge < -0.3 is 19.7 Å². The van der Waals surface area contributed by atoms with Crippen molar-refractivity contribution in [2.75, 3.05) is 32.8 Å². The van der Waals surface area contributed by atoms with Crippen molar-refractivity contribution in [3.63, 3.8) is 0 Å². The van der Waals surface area contributed by atoms with Gasteiger partial charge in [-0.25, -0.2) is 0 Å². The molecule has 1 N–H and O–H groups in total. The van der Waals surface area contributed by atoms with Crippen molar-refractivity contribution in [3.8, 4) is 11.5 Å². The van der Waals surface area contributed by atoms with Crippen LogP contribution in [-0.2, 0) is 11.2 Å². The molecule has 156 valence electrons. The monoisotopic (exact) mass is 388 g/mol. The number of hydrogen-bond acceptors (Lipinski definition) is 4. The van der Waals surface area contributed by atoms with Gasteiger partial charge in [-0.3, -0.25) is 4.79 Å². The van der Waals surface area contributed by atoms with Crippen LogP contribution in [-0.4, -0.2) is 49.7 Å². The molecule has 2 aliphatic rings. The molecule has 1 unspecified atom stereocenters. The minimum absolute atomic E-state index is 0.131. The molecule has 0 radical (unpaired) electrons. The molecule has 2 atom stereocenters. The van der Waals surface area contributed by atoms with Gasteiger partial charge in [0.25, 0.3) is 0 Å². The Balaban J connectivity index is 1.60. The summed E-state index contributed by atoms with van der Waals surface area (Å²) in [7, 11) is 0. The smallest absolute Gasteiger partial charge is 0.220 e. The van der Waals surface area contributed by atoms with Crippen LogP contribution in [0.5, 0.6) is 11.5 Å². The Morgan fingerprint density at radius 2 is 1.93 bits per heavy atom. The standard InChI is InChI=1S/C23H36N2O3/c1-3-4-7-18(2)14-23(26)24-20(17-25-10-5-6-11-25)15-19-8-9-21-22(16-19)28-13-12-27-21/h8-9,16,18,20H,3-7,10-15,17H2,1-2H3,(H,24,26)/t18?,20-/m0/s1. The van der Waals surface area contributed by atoms with E-state index in [0.717, 1.165) is 44.0 Å². The predicted octanol–water partition coefficient (Wildman–Crippen LogP) is 3.80. The Morgan fingerprint density at radius 3 is 2.68 bits per heavy atom. The molecule has 3 rings (SSSR count). The molecule has 0 spiro atoms. The molecule has 0 aromatic heterocycles. The lowest BCUT2D eigenvalue weighted by molar-refractivity contribution is -0.122. The summed E-state index contributed by atoms with van der Waals surface area (Å²) in [5.74, 6) is 2.27. The van der Waals surface area contributed by atoms with E-state index in [2.05, 4.69) is 36.2 Å². The van der Waals surface area contributed by atoms with E-state index in [1.807, 2.05) is 6.07 Å². The van der Waals surface area contributed by atoms with E-state index in [1.165, 1.54) is 31.2 Å². The van der Waals surface area contributed by atoms with E-state index in [-0.39, 0.29) is 11.9 Å². The first-order valence-electron chi connectivity index (χ1n) is 11.0. The van der Waals surface area contributed by atoms with Gasteiger partial charge >= 0.3 is 0 Å². The predicted molar refractivity (Wildman–Crippen MR) is 112 cm³/mol. The average Bonchev–Trinajstić information content (AvgIpc) is 3.19. The van der Waals surface area contributed by atoms with Crippen LogP contribution in [0.2, 0.25) is 0 Å². The second kappa shape index (κ2) is 10.7. The average molecular weight is 389 g/mol. The number of nitrogens with zero attached hydrogens (tertiary/aromatic N) is 1. The first-order valence-corrected chi connectivity index (χ1v) is 11.0. The van der Waals surface area contributed by atoms with Crippen LogP contribution in [0.3, 0.4) is 0 Å². The van der Waals surface area contributed by atoms with Gasteiger partial charge in [-0.15, -0.1) is 0 Å². The molecule has 0 aliphatic carbocycles. The summed E-state index contributed by atoms with van der Waals surface area (Å²) in [6.45, 7) is 8.79. The number of nitrogens with one attached hydrogen (secondary N) is 1. The molecule has 5 nitrogen and oxygen atoms in total. The summed E-state index contributed by atoms with van der Waals surface area (Å²) in [5, 5.41) is 3.33. The topological polar surface area (TPSA) is 50.8 Å². The van der Waals surface area contributed by atoms with Crippen molar-refractivity contribution in [3.05, 3.63) is 23.8 Å². The fraction of sp³-hybridized carbons (Fsp3) is 0.696. The third kappa shape index (κ3) is 6.40. The third-order valence-electron chi connectivity index (χ3n) is 5.72. The van der Waals surface area contributed by atoms with Crippen LogP contribution in [0, 0.1) is 5.92 Å². The highest BCUT2D eigenvalue weighted by molar-refractivity contribution is 5.76. The number of ether oxygens (including phenoxy) is 2. The number of fused-ring (bicyclic) bond motifs is 1. The van der Waals surface area contributed by atoms with Gasteiger partial charge in [0.2, 0.25) is 5.91 Å².